The second kappa shape index (κ2) is 5.69. The van der Waals surface area contributed by atoms with Gasteiger partial charge in [-0.3, -0.25) is 4.99 Å². The highest BCUT2D eigenvalue weighted by Crippen LogP contribution is 2.28. The second-order valence-electron chi connectivity index (χ2n) is 4.44. The summed E-state index contributed by atoms with van der Waals surface area (Å²) in [4.78, 5) is 4.13. The van der Waals surface area contributed by atoms with Crippen molar-refractivity contribution in [3.8, 4) is 0 Å². The quantitative estimate of drug-likeness (QED) is 0.657. The number of aliphatic imine (C=N–C) groups is 1. The van der Waals surface area contributed by atoms with Crippen LogP contribution in [0.2, 0.25) is 10.0 Å². The Kier molecular flexibility index (Phi) is 4.78. The van der Waals surface area contributed by atoms with Crippen LogP contribution >= 0.6 is 23.2 Å². The molecular weight excluding hydrogens is 262 g/mol. The van der Waals surface area contributed by atoms with Gasteiger partial charge >= 0.3 is 0 Å². The monoisotopic (exact) mass is 276 g/mol. The first-order valence-corrected chi connectivity index (χ1v) is 5.94. The lowest BCUT2D eigenvalue weighted by Gasteiger charge is -2.13. The summed E-state index contributed by atoms with van der Waals surface area (Å²) >= 11 is 11.8. The topological polar surface area (TPSA) is 38.4 Å². The number of rotatable bonds is 4. The number of alkyl halides is 1. The molecule has 1 aromatic carbocycles. The lowest BCUT2D eigenvalue weighted by Crippen LogP contribution is -2.19. The fraction of sp³-hybridized carbons (Fsp3) is 0.417. The summed E-state index contributed by atoms with van der Waals surface area (Å²) in [5.74, 6) is 0. The molecule has 0 fully saturated rings. The zero-order valence-electron chi connectivity index (χ0n) is 9.80. The molecule has 0 saturated carbocycles. The largest absolute Gasteiger partial charge is 0.396 e. The highest BCUT2D eigenvalue weighted by atomic mass is 35.5. The van der Waals surface area contributed by atoms with Gasteiger partial charge in [-0.25, -0.2) is 4.39 Å². The van der Waals surface area contributed by atoms with Gasteiger partial charge < -0.3 is 5.73 Å². The molecule has 0 unspecified atom stereocenters. The van der Waals surface area contributed by atoms with Gasteiger partial charge in [0.1, 0.15) is 6.67 Å². The molecule has 0 aliphatic rings. The average molecular weight is 277 g/mol. The number of benzene rings is 1. The molecule has 0 radical (unpaired) electrons. The Bertz CT molecular complexity index is 408. The smallest absolute Gasteiger partial charge is 0.114 e. The summed E-state index contributed by atoms with van der Waals surface area (Å²) < 4.78 is 12.5. The number of hydrogen-bond donors (Lipinski definition) is 1. The van der Waals surface area contributed by atoms with E-state index in [9.17, 15) is 4.39 Å². The van der Waals surface area contributed by atoms with Crippen molar-refractivity contribution in [3.05, 3.63) is 27.7 Å². The van der Waals surface area contributed by atoms with Crippen molar-refractivity contribution in [2.45, 2.75) is 25.8 Å². The van der Waals surface area contributed by atoms with Crippen molar-refractivity contribution in [2.75, 3.05) is 12.4 Å². The summed E-state index contributed by atoms with van der Waals surface area (Å²) in [6.45, 7) is 2.96. The van der Waals surface area contributed by atoms with Gasteiger partial charge in [0, 0.05) is 12.6 Å². The Morgan fingerprint density at radius 2 is 1.88 bits per heavy atom. The van der Waals surface area contributed by atoms with E-state index in [4.69, 9.17) is 28.9 Å². The van der Waals surface area contributed by atoms with E-state index < -0.39 is 12.2 Å². The lowest BCUT2D eigenvalue weighted by atomic mass is 10.1. The van der Waals surface area contributed by atoms with Crippen molar-refractivity contribution < 1.29 is 4.39 Å². The van der Waals surface area contributed by atoms with Crippen LogP contribution in [0.3, 0.4) is 0 Å². The lowest BCUT2D eigenvalue weighted by molar-refractivity contribution is 0.355. The molecule has 2 N–H and O–H groups in total. The van der Waals surface area contributed by atoms with Crippen LogP contribution in [0.15, 0.2) is 17.1 Å². The van der Waals surface area contributed by atoms with Crippen LogP contribution in [-0.4, -0.2) is 18.4 Å². The van der Waals surface area contributed by atoms with Crippen LogP contribution in [0.4, 0.5) is 10.1 Å². The third-order valence-electron chi connectivity index (χ3n) is 2.23. The molecule has 0 atom stereocenters. The fourth-order valence-electron chi connectivity index (χ4n) is 1.19. The van der Waals surface area contributed by atoms with Crippen LogP contribution in [0.1, 0.15) is 19.4 Å². The predicted molar refractivity (Wildman–Crippen MR) is 73.1 cm³/mol. The zero-order chi connectivity index (χ0) is 13.1. The molecule has 0 amide bonds. The van der Waals surface area contributed by atoms with Crippen molar-refractivity contribution in [2.24, 2.45) is 4.99 Å². The minimum absolute atomic E-state index is 0.373. The maximum atomic E-state index is 12.5. The summed E-state index contributed by atoms with van der Waals surface area (Å²) in [6, 6.07) is 3.47. The van der Waals surface area contributed by atoms with Gasteiger partial charge in [-0.2, -0.15) is 0 Å². The Balaban J connectivity index is 2.77. The van der Waals surface area contributed by atoms with Crippen LogP contribution in [0.5, 0.6) is 0 Å². The van der Waals surface area contributed by atoms with Gasteiger partial charge in [-0.15, -0.1) is 0 Å². The van der Waals surface area contributed by atoms with Crippen LogP contribution in [0.25, 0.3) is 0 Å². The minimum atomic E-state index is -0.679. The Labute approximate surface area is 111 Å². The van der Waals surface area contributed by atoms with E-state index >= 15 is 0 Å². The first kappa shape index (κ1) is 14.3. The van der Waals surface area contributed by atoms with Crippen molar-refractivity contribution in [1.29, 1.82) is 0 Å². The molecule has 2 nitrogen and oxygen atoms in total. The molecule has 0 spiro atoms. The van der Waals surface area contributed by atoms with Crippen LogP contribution < -0.4 is 5.73 Å². The van der Waals surface area contributed by atoms with Crippen LogP contribution in [-0.2, 0) is 6.42 Å². The molecule has 1 aromatic rings. The van der Waals surface area contributed by atoms with Gasteiger partial charge in [-0.05, 0) is 31.5 Å². The van der Waals surface area contributed by atoms with E-state index in [0.29, 0.717) is 22.2 Å². The van der Waals surface area contributed by atoms with E-state index in [1.54, 1.807) is 32.2 Å². The first-order valence-electron chi connectivity index (χ1n) is 5.19. The molecule has 0 heterocycles. The van der Waals surface area contributed by atoms with Gasteiger partial charge in [-0.1, -0.05) is 23.2 Å². The fourth-order valence-corrected chi connectivity index (χ4v) is 1.72. The van der Waals surface area contributed by atoms with Gasteiger partial charge in [0.15, 0.2) is 0 Å². The molecule has 5 heteroatoms. The number of nitrogens with two attached hydrogens (primary N) is 1. The first-order chi connectivity index (χ1) is 7.85. The van der Waals surface area contributed by atoms with Crippen LogP contribution in [0, 0.1) is 0 Å². The highest BCUT2D eigenvalue weighted by Gasteiger charge is 2.13. The minimum Gasteiger partial charge on any atom is -0.396 e. The highest BCUT2D eigenvalue weighted by molar-refractivity contribution is 6.38. The SMILES string of the molecule is CC(C)(CF)N=CCc1cc(Cl)c(N)c(Cl)c1. The maximum absolute atomic E-state index is 12.5. The summed E-state index contributed by atoms with van der Waals surface area (Å²) in [6.07, 6.45) is 2.21. The summed E-state index contributed by atoms with van der Waals surface area (Å²) in [5, 5.41) is 0.844. The third-order valence-corrected chi connectivity index (χ3v) is 2.86. The van der Waals surface area contributed by atoms with Crippen molar-refractivity contribution >= 4 is 35.1 Å². The molecule has 0 bridgehead atoms. The Morgan fingerprint density at radius 1 is 1.35 bits per heavy atom. The van der Waals surface area contributed by atoms with Gasteiger partial charge in [0.25, 0.3) is 0 Å². The molecule has 0 aromatic heterocycles. The molecule has 1 rings (SSSR count). The maximum Gasteiger partial charge on any atom is 0.114 e. The standard InChI is InChI=1S/C12H15Cl2FN2/c1-12(2,7-15)17-4-3-8-5-9(13)11(16)10(14)6-8/h4-6H,3,7,16H2,1-2H3. The summed E-state index contributed by atoms with van der Waals surface area (Å²) in [5.41, 5.74) is 6.21. The van der Waals surface area contributed by atoms with E-state index in [1.807, 2.05) is 0 Å². The Morgan fingerprint density at radius 3 is 2.35 bits per heavy atom. The Hall–Kier alpha value is -0.800. The van der Waals surface area contributed by atoms with Crippen molar-refractivity contribution in [1.82, 2.24) is 0 Å². The molecule has 0 saturated heterocycles. The summed E-state index contributed by atoms with van der Waals surface area (Å²) in [7, 11) is 0. The van der Waals surface area contributed by atoms with E-state index in [2.05, 4.69) is 4.99 Å². The van der Waals surface area contributed by atoms with E-state index in [-0.39, 0.29) is 0 Å². The second-order valence-corrected chi connectivity index (χ2v) is 5.25. The molecule has 0 aliphatic carbocycles. The molecule has 0 aliphatic heterocycles. The van der Waals surface area contributed by atoms with E-state index in [0.717, 1.165) is 5.56 Å². The van der Waals surface area contributed by atoms with E-state index in [1.165, 1.54) is 0 Å². The molecular formula is C12H15Cl2FN2. The molecule has 94 valence electrons. The number of nitrogens with zero attached hydrogens (tertiary/aromatic N) is 1. The number of nitrogen functional groups attached to an aromatic ring is 1. The number of halogens is 3. The number of anilines is 1. The third kappa shape index (κ3) is 4.17. The van der Waals surface area contributed by atoms with Crippen molar-refractivity contribution in [3.63, 3.8) is 0 Å². The average Bonchev–Trinajstić information content (AvgIpc) is 2.25. The normalized spacial score (nSPS) is 12.3. The zero-order valence-corrected chi connectivity index (χ0v) is 11.3. The van der Waals surface area contributed by atoms with Gasteiger partial charge in [0.05, 0.1) is 21.3 Å². The van der Waals surface area contributed by atoms with Gasteiger partial charge in [0.2, 0.25) is 0 Å². The number of hydrogen-bond acceptors (Lipinski definition) is 2. The molecule has 17 heavy (non-hydrogen) atoms. The predicted octanol–water partition coefficient (Wildman–Crippen LogP) is 3.94.